The lowest BCUT2D eigenvalue weighted by molar-refractivity contribution is 0.388. The van der Waals surface area contributed by atoms with Crippen molar-refractivity contribution in [2.24, 2.45) is 0 Å². The van der Waals surface area contributed by atoms with Crippen molar-refractivity contribution in [1.29, 1.82) is 0 Å². The first-order valence-corrected chi connectivity index (χ1v) is 4.51. The van der Waals surface area contributed by atoms with Crippen LogP contribution in [0, 0.1) is 0 Å². The lowest BCUT2D eigenvalue weighted by Gasteiger charge is -1.96. The molecular formula is C7H8N4OS. The van der Waals surface area contributed by atoms with Crippen LogP contribution in [0.3, 0.4) is 0 Å². The van der Waals surface area contributed by atoms with Gasteiger partial charge in [0.05, 0.1) is 18.9 Å². The monoisotopic (exact) mass is 196 g/mol. The fourth-order valence-electron chi connectivity index (χ4n) is 0.864. The summed E-state index contributed by atoms with van der Waals surface area (Å²) in [5, 5.41) is 8.13. The van der Waals surface area contributed by atoms with E-state index in [4.69, 9.17) is 10.3 Å². The van der Waals surface area contributed by atoms with Crippen LogP contribution >= 0.6 is 11.3 Å². The van der Waals surface area contributed by atoms with Crippen molar-refractivity contribution in [3.05, 3.63) is 24.2 Å². The molecule has 0 saturated heterocycles. The standard InChI is InChI=1S/C7H8N4OS/c8-6-4-10-7(13-6)9-3-5-1-2-11-12-5/h1-2,4H,3,8H2,(H,9,10). The molecule has 2 rings (SSSR count). The minimum atomic E-state index is 0.576. The Balaban J connectivity index is 1.93. The summed E-state index contributed by atoms with van der Waals surface area (Å²) in [7, 11) is 0. The molecule has 0 saturated carbocycles. The topological polar surface area (TPSA) is 77.0 Å². The largest absolute Gasteiger partial charge is 0.389 e. The minimum Gasteiger partial charge on any atom is -0.389 e. The van der Waals surface area contributed by atoms with Gasteiger partial charge in [-0.2, -0.15) is 0 Å². The highest BCUT2D eigenvalue weighted by molar-refractivity contribution is 7.19. The first kappa shape index (κ1) is 8.06. The third-order valence-corrected chi connectivity index (χ3v) is 2.21. The maximum atomic E-state index is 5.51. The molecule has 0 aromatic carbocycles. The van der Waals surface area contributed by atoms with Gasteiger partial charge < -0.3 is 15.6 Å². The van der Waals surface area contributed by atoms with Crippen LogP contribution in [-0.2, 0) is 6.54 Å². The predicted octanol–water partition coefficient (Wildman–Crippen LogP) is 1.33. The van der Waals surface area contributed by atoms with E-state index in [1.165, 1.54) is 11.3 Å². The van der Waals surface area contributed by atoms with Crippen LogP contribution in [0.1, 0.15) is 5.76 Å². The van der Waals surface area contributed by atoms with Gasteiger partial charge in [-0.15, -0.1) is 0 Å². The van der Waals surface area contributed by atoms with E-state index in [0.29, 0.717) is 11.5 Å². The van der Waals surface area contributed by atoms with Gasteiger partial charge in [0.25, 0.3) is 0 Å². The summed E-state index contributed by atoms with van der Waals surface area (Å²) in [5.41, 5.74) is 5.51. The molecule has 13 heavy (non-hydrogen) atoms. The van der Waals surface area contributed by atoms with Crippen LogP contribution in [0.15, 0.2) is 23.0 Å². The molecule has 68 valence electrons. The zero-order valence-corrected chi connectivity index (χ0v) is 7.54. The molecule has 0 atom stereocenters. The molecule has 0 bridgehead atoms. The Morgan fingerprint density at radius 3 is 3.15 bits per heavy atom. The van der Waals surface area contributed by atoms with Gasteiger partial charge in [0, 0.05) is 6.07 Å². The van der Waals surface area contributed by atoms with Crippen LogP contribution in [0.25, 0.3) is 0 Å². The van der Waals surface area contributed by atoms with Crippen molar-refractivity contribution < 1.29 is 4.52 Å². The number of anilines is 2. The molecular weight excluding hydrogens is 188 g/mol. The molecule has 2 aromatic heterocycles. The quantitative estimate of drug-likeness (QED) is 0.774. The van der Waals surface area contributed by atoms with E-state index in [9.17, 15) is 0 Å². The summed E-state index contributed by atoms with van der Waals surface area (Å²) in [5.74, 6) is 0.772. The first-order valence-electron chi connectivity index (χ1n) is 3.69. The van der Waals surface area contributed by atoms with Crippen LogP contribution in [0.5, 0.6) is 0 Å². The van der Waals surface area contributed by atoms with Crippen molar-refractivity contribution in [2.75, 3.05) is 11.1 Å². The minimum absolute atomic E-state index is 0.576. The Kier molecular flexibility index (Phi) is 2.13. The summed E-state index contributed by atoms with van der Waals surface area (Å²) >= 11 is 1.40. The average Bonchev–Trinajstić information content (AvgIpc) is 2.71. The van der Waals surface area contributed by atoms with Gasteiger partial charge in [-0.3, -0.25) is 0 Å². The summed E-state index contributed by atoms with van der Waals surface area (Å²) in [4.78, 5) is 4.04. The summed E-state index contributed by atoms with van der Waals surface area (Å²) in [6, 6.07) is 1.80. The van der Waals surface area contributed by atoms with Crippen LogP contribution in [0.2, 0.25) is 0 Å². The second kappa shape index (κ2) is 3.44. The SMILES string of the molecule is Nc1cnc(NCc2ccno2)s1. The van der Waals surface area contributed by atoms with Gasteiger partial charge >= 0.3 is 0 Å². The predicted molar refractivity (Wildman–Crippen MR) is 50.4 cm³/mol. The maximum Gasteiger partial charge on any atom is 0.184 e. The van der Waals surface area contributed by atoms with Crippen molar-refractivity contribution in [1.82, 2.24) is 10.1 Å². The third kappa shape index (κ3) is 1.97. The van der Waals surface area contributed by atoms with Crippen molar-refractivity contribution in [3.63, 3.8) is 0 Å². The molecule has 6 heteroatoms. The van der Waals surface area contributed by atoms with E-state index in [2.05, 4.69) is 15.5 Å². The summed E-state index contributed by atoms with van der Waals surface area (Å²) in [6.07, 6.45) is 3.22. The average molecular weight is 196 g/mol. The van der Waals surface area contributed by atoms with Gasteiger partial charge in [-0.25, -0.2) is 4.98 Å². The molecule has 2 heterocycles. The van der Waals surface area contributed by atoms with E-state index in [1.807, 2.05) is 0 Å². The Labute approximate surface area is 78.6 Å². The van der Waals surface area contributed by atoms with E-state index in [1.54, 1.807) is 18.5 Å². The highest BCUT2D eigenvalue weighted by atomic mass is 32.1. The number of hydrogen-bond acceptors (Lipinski definition) is 6. The molecule has 0 aliphatic rings. The third-order valence-electron chi connectivity index (χ3n) is 1.43. The normalized spacial score (nSPS) is 10.2. The number of thiazole rings is 1. The number of aromatic nitrogens is 2. The second-order valence-corrected chi connectivity index (χ2v) is 3.46. The Morgan fingerprint density at radius 1 is 1.62 bits per heavy atom. The number of nitrogen functional groups attached to an aromatic ring is 1. The number of hydrogen-bond donors (Lipinski definition) is 2. The smallest absolute Gasteiger partial charge is 0.184 e. The molecule has 5 nitrogen and oxygen atoms in total. The molecule has 0 aliphatic heterocycles. The molecule has 0 unspecified atom stereocenters. The molecule has 0 aliphatic carbocycles. The van der Waals surface area contributed by atoms with Gasteiger partial charge in [-0.1, -0.05) is 16.5 Å². The lowest BCUT2D eigenvalue weighted by atomic mass is 10.5. The van der Waals surface area contributed by atoms with Gasteiger partial charge in [0.1, 0.15) is 5.00 Å². The molecule has 0 amide bonds. The van der Waals surface area contributed by atoms with Crippen LogP contribution < -0.4 is 11.1 Å². The lowest BCUT2D eigenvalue weighted by Crippen LogP contribution is -1.96. The van der Waals surface area contributed by atoms with E-state index in [-0.39, 0.29) is 0 Å². The molecule has 0 radical (unpaired) electrons. The highest BCUT2D eigenvalue weighted by Crippen LogP contribution is 2.19. The number of nitrogens with one attached hydrogen (secondary N) is 1. The molecule has 0 spiro atoms. The van der Waals surface area contributed by atoms with Crippen molar-refractivity contribution in [2.45, 2.75) is 6.54 Å². The van der Waals surface area contributed by atoms with E-state index >= 15 is 0 Å². The maximum absolute atomic E-state index is 5.51. The highest BCUT2D eigenvalue weighted by Gasteiger charge is 2.00. The molecule has 0 fully saturated rings. The number of nitrogens with zero attached hydrogens (tertiary/aromatic N) is 2. The molecule has 2 aromatic rings. The fourth-order valence-corrected chi connectivity index (χ4v) is 1.44. The van der Waals surface area contributed by atoms with E-state index < -0.39 is 0 Å². The zero-order chi connectivity index (χ0) is 9.10. The number of rotatable bonds is 3. The summed E-state index contributed by atoms with van der Waals surface area (Å²) in [6.45, 7) is 0.576. The second-order valence-electron chi connectivity index (χ2n) is 2.40. The summed E-state index contributed by atoms with van der Waals surface area (Å²) < 4.78 is 4.90. The Hall–Kier alpha value is -1.56. The Bertz CT molecular complexity index is 370. The van der Waals surface area contributed by atoms with Gasteiger partial charge in [0.15, 0.2) is 10.9 Å². The van der Waals surface area contributed by atoms with Gasteiger partial charge in [0.2, 0.25) is 0 Å². The van der Waals surface area contributed by atoms with Crippen LogP contribution in [0.4, 0.5) is 10.1 Å². The van der Waals surface area contributed by atoms with Gasteiger partial charge in [-0.05, 0) is 0 Å². The zero-order valence-electron chi connectivity index (χ0n) is 6.73. The van der Waals surface area contributed by atoms with Crippen molar-refractivity contribution >= 4 is 21.5 Å². The first-order chi connectivity index (χ1) is 6.34. The number of nitrogens with two attached hydrogens (primary N) is 1. The van der Waals surface area contributed by atoms with E-state index in [0.717, 1.165) is 10.9 Å². The van der Waals surface area contributed by atoms with Crippen molar-refractivity contribution in [3.8, 4) is 0 Å². The Morgan fingerprint density at radius 2 is 2.54 bits per heavy atom. The molecule has 3 N–H and O–H groups in total. The fraction of sp³-hybridized carbons (Fsp3) is 0.143. The van der Waals surface area contributed by atoms with Crippen LogP contribution in [-0.4, -0.2) is 10.1 Å².